The lowest BCUT2D eigenvalue weighted by Crippen LogP contribution is -2.56. The molecule has 0 aromatic heterocycles. The van der Waals surface area contributed by atoms with Gasteiger partial charge in [-0.2, -0.15) is 0 Å². The van der Waals surface area contributed by atoms with E-state index in [9.17, 15) is 9.59 Å². The van der Waals surface area contributed by atoms with Crippen molar-refractivity contribution in [2.45, 2.75) is 64.3 Å². The largest absolute Gasteiger partial charge is 0.478 e. The second kappa shape index (κ2) is 7.40. The Hall–Kier alpha value is -1.40. The van der Waals surface area contributed by atoms with Crippen molar-refractivity contribution in [2.75, 3.05) is 0 Å². The number of rotatable bonds is 6. The average Bonchev–Trinajstić information content (AvgIpc) is 2.38. The van der Waals surface area contributed by atoms with Gasteiger partial charge in [-0.25, -0.2) is 4.79 Å². The summed E-state index contributed by atoms with van der Waals surface area (Å²) in [6.07, 6.45) is 3.01. The van der Waals surface area contributed by atoms with Gasteiger partial charge >= 0.3 is 5.97 Å². The fourth-order valence-electron chi connectivity index (χ4n) is 2.38. The van der Waals surface area contributed by atoms with Crippen molar-refractivity contribution in [3.8, 4) is 0 Å². The van der Waals surface area contributed by atoms with Crippen LogP contribution >= 0.6 is 0 Å². The second-order valence-corrected chi connectivity index (χ2v) is 5.12. The van der Waals surface area contributed by atoms with Gasteiger partial charge in [0, 0.05) is 18.9 Å². The maximum Gasteiger partial charge on any atom is 0.331 e. The predicted octanol–water partition coefficient (Wildman–Crippen LogP) is 0.807. The van der Waals surface area contributed by atoms with Gasteiger partial charge in [-0.3, -0.25) is 4.79 Å². The Morgan fingerprint density at radius 1 is 1.50 bits per heavy atom. The van der Waals surface area contributed by atoms with Gasteiger partial charge in [0.05, 0.1) is 24.3 Å². The summed E-state index contributed by atoms with van der Waals surface area (Å²) in [5.41, 5.74) is 6.35. The molecule has 0 saturated carbocycles. The normalized spacial score (nSPS) is 26.2. The van der Waals surface area contributed by atoms with E-state index in [1.54, 1.807) is 6.08 Å². The topological polar surface area (TPSA) is 102 Å². The number of aliphatic carboxylic acids is 1. The highest BCUT2D eigenvalue weighted by Gasteiger charge is 2.34. The Kier molecular flexibility index (Phi) is 6.16. The van der Waals surface area contributed by atoms with Gasteiger partial charge in [-0.05, 0) is 18.9 Å². The van der Waals surface area contributed by atoms with Gasteiger partial charge in [0.1, 0.15) is 0 Å². The van der Waals surface area contributed by atoms with E-state index in [-0.39, 0.29) is 24.0 Å². The van der Waals surface area contributed by atoms with Gasteiger partial charge < -0.3 is 20.9 Å². The van der Waals surface area contributed by atoms with Crippen molar-refractivity contribution in [3.63, 3.8) is 0 Å². The summed E-state index contributed by atoms with van der Waals surface area (Å²) in [5, 5.41) is 11.9. The Labute approximate surface area is 119 Å². The summed E-state index contributed by atoms with van der Waals surface area (Å²) in [4.78, 5) is 22.4. The summed E-state index contributed by atoms with van der Waals surface area (Å²) >= 11 is 0. The Morgan fingerprint density at radius 3 is 2.55 bits per heavy atom. The molecule has 3 atom stereocenters. The van der Waals surface area contributed by atoms with E-state index in [2.05, 4.69) is 5.32 Å². The molecule has 114 valence electrons. The van der Waals surface area contributed by atoms with Gasteiger partial charge in [0.2, 0.25) is 5.91 Å². The lowest BCUT2D eigenvalue weighted by Gasteiger charge is -2.35. The average molecular weight is 284 g/mol. The van der Waals surface area contributed by atoms with Crippen LogP contribution in [0.4, 0.5) is 0 Å². The van der Waals surface area contributed by atoms with Crippen LogP contribution in [0.15, 0.2) is 11.6 Å². The molecule has 6 heteroatoms. The van der Waals surface area contributed by atoms with Crippen molar-refractivity contribution in [2.24, 2.45) is 5.73 Å². The van der Waals surface area contributed by atoms with E-state index in [1.165, 1.54) is 6.92 Å². The van der Waals surface area contributed by atoms with Gasteiger partial charge in [0.15, 0.2) is 0 Å². The van der Waals surface area contributed by atoms with Crippen molar-refractivity contribution in [1.29, 1.82) is 0 Å². The monoisotopic (exact) mass is 284 g/mol. The zero-order chi connectivity index (χ0) is 15.3. The van der Waals surface area contributed by atoms with E-state index >= 15 is 0 Å². The van der Waals surface area contributed by atoms with Crippen LogP contribution in [0.25, 0.3) is 0 Å². The Balaban J connectivity index is 2.90. The van der Waals surface area contributed by atoms with Crippen LogP contribution in [-0.2, 0) is 14.3 Å². The number of carboxylic acids is 1. The number of carbonyl (C=O) groups is 2. The number of carbonyl (C=O) groups excluding carboxylic acids is 1. The minimum atomic E-state index is -0.995. The van der Waals surface area contributed by atoms with E-state index in [1.807, 2.05) is 13.8 Å². The molecule has 0 bridgehead atoms. The van der Waals surface area contributed by atoms with E-state index in [0.717, 1.165) is 12.8 Å². The molecule has 1 amide bonds. The van der Waals surface area contributed by atoms with Crippen LogP contribution in [-0.4, -0.2) is 41.3 Å². The number of ether oxygens (including phenoxy) is 1. The molecule has 0 aromatic rings. The molecule has 6 nitrogen and oxygen atoms in total. The number of nitrogens with one attached hydrogen (secondary N) is 1. The highest BCUT2D eigenvalue weighted by atomic mass is 16.5. The maximum absolute atomic E-state index is 11.2. The summed E-state index contributed by atoms with van der Waals surface area (Å²) in [5.74, 6) is -1.22. The summed E-state index contributed by atoms with van der Waals surface area (Å²) < 4.78 is 5.88. The Morgan fingerprint density at radius 2 is 2.10 bits per heavy atom. The molecule has 0 heterocycles. The molecule has 0 aliphatic heterocycles. The van der Waals surface area contributed by atoms with Crippen molar-refractivity contribution in [3.05, 3.63) is 11.6 Å². The van der Waals surface area contributed by atoms with Crippen LogP contribution in [0, 0.1) is 0 Å². The van der Waals surface area contributed by atoms with Crippen molar-refractivity contribution in [1.82, 2.24) is 5.32 Å². The van der Waals surface area contributed by atoms with Gasteiger partial charge in [-0.15, -0.1) is 0 Å². The first kappa shape index (κ1) is 16.7. The fraction of sp³-hybridized carbons (Fsp3) is 0.714. The van der Waals surface area contributed by atoms with Crippen LogP contribution in [0.5, 0.6) is 0 Å². The first-order chi connectivity index (χ1) is 9.38. The first-order valence-electron chi connectivity index (χ1n) is 7.01. The van der Waals surface area contributed by atoms with Gasteiger partial charge in [0.25, 0.3) is 0 Å². The van der Waals surface area contributed by atoms with Crippen LogP contribution in [0.2, 0.25) is 0 Å². The summed E-state index contributed by atoms with van der Waals surface area (Å²) in [6, 6.07) is -0.856. The van der Waals surface area contributed by atoms with Crippen LogP contribution < -0.4 is 11.1 Å². The molecule has 0 spiro atoms. The van der Waals surface area contributed by atoms with E-state index in [4.69, 9.17) is 15.6 Å². The number of hydrogen-bond acceptors (Lipinski definition) is 4. The molecular weight excluding hydrogens is 260 g/mol. The minimum absolute atomic E-state index is 0.0356. The zero-order valence-corrected chi connectivity index (χ0v) is 12.3. The van der Waals surface area contributed by atoms with Crippen LogP contribution in [0.1, 0.15) is 40.0 Å². The van der Waals surface area contributed by atoms with Crippen molar-refractivity contribution >= 4 is 11.9 Å². The highest BCUT2D eigenvalue weighted by molar-refractivity contribution is 5.87. The molecule has 0 radical (unpaired) electrons. The molecule has 0 aromatic carbocycles. The molecule has 20 heavy (non-hydrogen) atoms. The number of hydrogen-bond donors (Lipinski definition) is 3. The lowest BCUT2D eigenvalue weighted by atomic mass is 9.88. The lowest BCUT2D eigenvalue weighted by molar-refractivity contribution is -0.133. The third-order valence-corrected chi connectivity index (χ3v) is 3.57. The molecule has 0 fully saturated rings. The third kappa shape index (κ3) is 4.31. The Bertz CT molecular complexity index is 391. The SMILES string of the molecule is CCC(CC)OC1C=C(C(=O)O)CC(NC(C)=O)C1N. The van der Waals surface area contributed by atoms with E-state index in [0.29, 0.717) is 0 Å². The van der Waals surface area contributed by atoms with E-state index < -0.39 is 24.2 Å². The number of carboxylic acid groups (broad SMARTS) is 1. The molecule has 1 rings (SSSR count). The van der Waals surface area contributed by atoms with Gasteiger partial charge in [-0.1, -0.05) is 13.8 Å². The quantitative estimate of drug-likeness (QED) is 0.670. The summed E-state index contributed by atoms with van der Waals surface area (Å²) in [7, 11) is 0. The second-order valence-electron chi connectivity index (χ2n) is 5.12. The third-order valence-electron chi connectivity index (χ3n) is 3.57. The number of amides is 1. The standard InChI is InChI=1S/C14H24N2O4/c1-4-10(5-2)20-12-7-9(14(18)19)6-11(13(12)15)16-8(3)17/h7,10-13H,4-6,15H2,1-3H3,(H,16,17)(H,18,19). The molecule has 0 saturated heterocycles. The molecular formula is C14H24N2O4. The van der Waals surface area contributed by atoms with Crippen molar-refractivity contribution < 1.29 is 19.4 Å². The smallest absolute Gasteiger partial charge is 0.331 e. The predicted molar refractivity (Wildman–Crippen MR) is 75.2 cm³/mol. The first-order valence-corrected chi connectivity index (χ1v) is 7.01. The summed E-state index contributed by atoms with van der Waals surface area (Å²) in [6.45, 7) is 5.41. The minimum Gasteiger partial charge on any atom is -0.478 e. The highest BCUT2D eigenvalue weighted by Crippen LogP contribution is 2.23. The van der Waals surface area contributed by atoms with Crippen LogP contribution in [0.3, 0.4) is 0 Å². The molecule has 4 N–H and O–H groups in total. The zero-order valence-electron chi connectivity index (χ0n) is 12.3. The molecule has 3 unspecified atom stereocenters. The molecule has 1 aliphatic carbocycles. The molecule has 1 aliphatic rings. The maximum atomic E-state index is 11.2. The fourth-order valence-corrected chi connectivity index (χ4v) is 2.38. The number of nitrogens with two attached hydrogens (primary N) is 1.